The lowest BCUT2D eigenvalue weighted by atomic mass is 10.1. The molecule has 0 atom stereocenters. The molecule has 0 fully saturated rings. The fourth-order valence-corrected chi connectivity index (χ4v) is 2.09. The van der Waals surface area contributed by atoms with Gasteiger partial charge >= 0.3 is 12.3 Å². The largest absolute Gasteiger partial charge is 0.573 e. The first-order valence-corrected chi connectivity index (χ1v) is 7.02. The van der Waals surface area contributed by atoms with E-state index in [0.29, 0.717) is 0 Å². The summed E-state index contributed by atoms with van der Waals surface area (Å²) in [5.74, 6) is -2.81. The molecule has 0 spiro atoms. The van der Waals surface area contributed by atoms with Crippen molar-refractivity contribution >= 4 is 23.5 Å². The van der Waals surface area contributed by atoms with E-state index >= 15 is 0 Å². The van der Waals surface area contributed by atoms with Crippen molar-refractivity contribution in [1.82, 2.24) is 5.32 Å². The molecule has 0 saturated heterocycles. The van der Waals surface area contributed by atoms with E-state index in [-0.39, 0.29) is 12.1 Å². The maximum Gasteiger partial charge on any atom is 0.573 e. The standard InChI is InChI=1S/C14H15ClF3NO6/c1-22-9(23-2)6-19-12(20)10-8(25-14(16,17)18)5-4-7(11(10)15)13(21)24-3/h4-5,9H,6H2,1-3H3,(H,19,20). The lowest BCUT2D eigenvalue weighted by Crippen LogP contribution is -2.35. The molecular formula is C14H15ClF3NO6. The summed E-state index contributed by atoms with van der Waals surface area (Å²) in [6.07, 6.45) is -5.90. The van der Waals surface area contributed by atoms with Gasteiger partial charge in [-0.15, -0.1) is 13.2 Å². The number of ether oxygens (including phenoxy) is 4. The molecule has 0 aliphatic rings. The SMILES string of the molecule is COC(=O)c1ccc(OC(F)(F)F)c(C(=O)NCC(OC)OC)c1Cl. The Hall–Kier alpha value is -2.04. The Kier molecular flexibility index (Phi) is 7.46. The molecule has 1 aromatic carbocycles. The van der Waals surface area contributed by atoms with Gasteiger partial charge in [-0.05, 0) is 12.1 Å². The van der Waals surface area contributed by atoms with Crippen LogP contribution >= 0.6 is 11.6 Å². The van der Waals surface area contributed by atoms with Gasteiger partial charge in [-0.2, -0.15) is 0 Å². The van der Waals surface area contributed by atoms with Gasteiger partial charge in [0.2, 0.25) is 0 Å². The Bertz CT molecular complexity index is 634. The number of methoxy groups -OCH3 is 3. The maximum absolute atomic E-state index is 12.5. The first kappa shape index (κ1) is 21.0. The molecule has 0 aliphatic carbocycles. The summed E-state index contributed by atoms with van der Waals surface area (Å²) >= 11 is 5.92. The molecule has 0 heterocycles. The molecular weight excluding hydrogens is 371 g/mol. The van der Waals surface area contributed by atoms with Crippen molar-refractivity contribution in [1.29, 1.82) is 0 Å². The van der Waals surface area contributed by atoms with Crippen molar-refractivity contribution in [2.75, 3.05) is 27.9 Å². The fourth-order valence-electron chi connectivity index (χ4n) is 1.77. The monoisotopic (exact) mass is 385 g/mol. The molecule has 1 N–H and O–H groups in total. The van der Waals surface area contributed by atoms with Crippen LogP contribution in [-0.2, 0) is 14.2 Å². The van der Waals surface area contributed by atoms with E-state index in [0.717, 1.165) is 19.2 Å². The minimum absolute atomic E-state index is 0.184. The molecule has 7 nitrogen and oxygen atoms in total. The third-order valence-corrected chi connectivity index (χ3v) is 3.31. The summed E-state index contributed by atoms with van der Waals surface area (Å²) in [7, 11) is 3.67. The molecule has 0 bridgehead atoms. The fraction of sp³-hybridized carbons (Fsp3) is 0.429. The molecule has 1 aromatic rings. The number of benzene rings is 1. The zero-order valence-corrected chi connectivity index (χ0v) is 14.2. The van der Waals surface area contributed by atoms with Crippen LogP contribution in [0.15, 0.2) is 12.1 Å². The first-order valence-electron chi connectivity index (χ1n) is 6.65. The van der Waals surface area contributed by atoms with Gasteiger partial charge in [0.1, 0.15) is 11.3 Å². The summed E-state index contributed by atoms with van der Waals surface area (Å²) in [5, 5.41) is 1.74. The predicted molar refractivity (Wildman–Crippen MR) is 79.6 cm³/mol. The molecule has 0 unspecified atom stereocenters. The van der Waals surface area contributed by atoms with Gasteiger partial charge in [0.05, 0.1) is 24.2 Å². The second-order valence-corrected chi connectivity index (χ2v) is 4.83. The molecule has 11 heteroatoms. The third kappa shape index (κ3) is 5.76. The number of rotatable bonds is 7. The molecule has 140 valence electrons. The molecule has 0 saturated carbocycles. The number of alkyl halides is 3. The number of hydrogen-bond donors (Lipinski definition) is 1. The van der Waals surface area contributed by atoms with E-state index < -0.39 is 40.9 Å². The average molecular weight is 386 g/mol. The zero-order valence-electron chi connectivity index (χ0n) is 13.4. The Morgan fingerprint density at radius 3 is 2.28 bits per heavy atom. The molecule has 1 amide bonds. The summed E-state index contributed by atoms with van der Waals surface area (Å²) < 4.78 is 55.6. The van der Waals surface area contributed by atoms with E-state index in [1.54, 1.807) is 0 Å². The smallest absolute Gasteiger partial charge is 0.465 e. The van der Waals surface area contributed by atoms with Crippen LogP contribution in [0.4, 0.5) is 13.2 Å². The maximum atomic E-state index is 12.5. The normalized spacial score (nSPS) is 11.4. The Labute approximate surface area is 145 Å². The van der Waals surface area contributed by atoms with Crippen LogP contribution < -0.4 is 10.1 Å². The van der Waals surface area contributed by atoms with Crippen molar-refractivity contribution in [3.05, 3.63) is 28.3 Å². The molecule has 1 rings (SSSR count). The van der Waals surface area contributed by atoms with Crippen molar-refractivity contribution in [2.45, 2.75) is 12.7 Å². The number of carbonyl (C=O) groups excluding carboxylic acids is 2. The number of carbonyl (C=O) groups is 2. The molecule has 0 radical (unpaired) electrons. The van der Waals surface area contributed by atoms with Gasteiger partial charge in [-0.3, -0.25) is 4.79 Å². The second kappa shape index (κ2) is 8.88. The highest BCUT2D eigenvalue weighted by atomic mass is 35.5. The van der Waals surface area contributed by atoms with Crippen molar-refractivity contribution in [3.8, 4) is 5.75 Å². The summed E-state index contributed by atoms with van der Waals surface area (Å²) in [6, 6.07) is 1.75. The van der Waals surface area contributed by atoms with Gasteiger partial charge in [0.25, 0.3) is 5.91 Å². The lowest BCUT2D eigenvalue weighted by molar-refractivity contribution is -0.274. The van der Waals surface area contributed by atoms with Crippen molar-refractivity contribution in [3.63, 3.8) is 0 Å². The van der Waals surface area contributed by atoms with Crippen LogP contribution in [-0.4, -0.2) is 52.4 Å². The summed E-state index contributed by atoms with van der Waals surface area (Å²) in [4.78, 5) is 23.9. The number of hydrogen-bond acceptors (Lipinski definition) is 6. The van der Waals surface area contributed by atoms with E-state index in [4.69, 9.17) is 21.1 Å². The third-order valence-electron chi connectivity index (χ3n) is 2.92. The number of amides is 1. The highest BCUT2D eigenvalue weighted by Gasteiger charge is 2.34. The van der Waals surface area contributed by atoms with E-state index in [2.05, 4.69) is 14.8 Å². The van der Waals surface area contributed by atoms with Gasteiger partial charge < -0.3 is 24.3 Å². The van der Waals surface area contributed by atoms with E-state index in [1.807, 2.05) is 0 Å². The minimum Gasteiger partial charge on any atom is -0.465 e. The van der Waals surface area contributed by atoms with Crippen LogP contribution in [0.5, 0.6) is 5.75 Å². The highest BCUT2D eigenvalue weighted by molar-refractivity contribution is 6.37. The molecule has 0 aliphatic heterocycles. The topological polar surface area (TPSA) is 83.1 Å². The summed E-state index contributed by atoms with van der Waals surface area (Å²) in [5.41, 5.74) is -0.966. The van der Waals surface area contributed by atoms with Gasteiger partial charge in [0.15, 0.2) is 6.29 Å². The number of nitrogens with one attached hydrogen (secondary N) is 1. The van der Waals surface area contributed by atoms with Gasteiger partial charge in [-0.1, -0.05) is 11.6 Å². The van der Waals surface area contributed by atoms with Crippen molar-refractivity contribution in [2.24, 2.45) is 0 Å². The highest BCUT2D eigenvalue weighted by Crippen LogP contribution is 2.33. The van der Waals surface area contributed by atoms with E-state index in [9.17, 15) is 22.8 Å². The quantitative estimate of drug-likeness (QED) is 0.573. The van der Waals surface area contributed by atoms with Crippen LogP contribution in [0.1, 0.15) is 20.7 Å². The van der Waals surface area contributed by atoms with E-state index in [1.165, 1.54) is 14.2 Å². The van der Waals surface area contributed by atoms with Crippen LogP contribution in [0.25, 0.3) is 0 Å². The zero-order chi connectivity index (χ0) is 19.2. The van der Waals surface area contributed by atoms with Crippen LogP contribution in [0.2, 0.25) is 5.02 Å². The molecule has 0 aromatic heterocycles. The Morgan fingerprint density at radius 2 is 1.80 bits per heavy atom. The van der Waals surface area contributed by atoms with Crippen LogP contribution in [0, 0.1) is 0 Å². The first-order chi connectivity index (χ1) is 11.6. The van der Waals surface area contributed by atoms with Crippen molar-refractivity contribution < 1.29 is 41.7 Å². The summed E-state index contributed by atoms with van der Waals surface area (Å²) in [6.45, 7) is -0.184. The predicted octanol–water partition coefficient (Wildman–Crippen LogP) is 2.37. The van der Waals surface area contributed by atoms with Gasteiger partial charge in [-0.25, -0.2) is 4.79 Å². The number of halogens is 4. The lowest BCUT2D eigenvalue weighted by Gasteiger charge is -2.18. The van der Waals surface area contributed by atoms with Gasteiger partial charge in [0, 0.05) is 14.2 Å². The average Bonchev–Trinajstić information content (AvgIpc) is 2.53. The molecule has 25 heavy (non-hydrogen) atoms. The van der Waals surface area contributed by atoms with Crippen LogP contribution in [0.3, 0.4) is 0 Å². The number of esters is 1. The minimum atomic E-state index is -5.06. The Balaban J connectivity index is 3.26. The Morgan fingerprint density at radius 1 is 1.20 bits per heavy atom. The second-order valence-electron chi connectivity index (χ2n) is 4.45.